The molecular weight excluding hydrogens is 434 g/mol. The maximum absolute atomic E-state index is 13.1. The van der Waals surface area contributed by atoms with Crippen molar-refractivity contribution in [1.29, 1.82) is 0 Å². The number of rotatable bonds is 7. The minimum Gasteiger partial charge on any atom is -0.457 e. The highest BCUT2D eigenvalue weighted by molar-refractivity contribution is 7.24. The molecule has 0 saturated heterocycles. The van der Waals surface area contributed by atoms with Crippen molar-refractivity contribution < 1.29 is 14.9 Å². The summed E-state index contributed by atoms with van der Waals surface area (Å²) >= 11 is 7.55. The average molecular weight is 456 g/mol. The highest BCUT2D eigenvalue weighted by Crippen LogP contribution is 2.31. The van der Waals surface area contributed by atoms with Gasteiger partial charge >= 0.3 is 0 Å². The van der Waals surface area contributed by atoms with Crippen LogP contribution in [0.4, 0.5) is 0 Å². The van der Waals surface area contributed by atoms with Crippen LogP contribution in [0.15, 0.2) is 65.5 Å². The van der Waals surface area contributed by atoms with E-state index in [9.17, 15) is 15.0 Å². The number of hydrogen-bond donors (Lipinski definition) is 3. The number of ether oxygens (including phenoxy) is 1. The Balaban J connectivity index is 1.66. The molecule has 0 aliphatic heterocycles. The Morgan fingerprint density at radius 3 is 2.45 bits per heavy atom. The number of halogens is 1. The summed E-state index contributed by atoms with van der Waals surface area (Å²) in [6.07, 6.45) is 1.04. The van der Waals surface area contributed by atoms with Gasteiger partial charge in [0.15, 0.2) is 5.43 Å². The molecule has 4 N–H and O–H groups in total. The van der Waals surface area contributed by atoms with E-state index < -0.39 is 5.54 Å². The van der Waals surface area contributed by atoms with Gasteiger partial charge in [0.1, 0.15) is 11.5 Å². The summed E-state index contributed by atoms with van der Waals surface area (Å²) in [5.41, 5.74) is 5.91. The first-order valence-electron chi connectivity index (χ1n) is 9.84. The van der Waals surface area contributed by atoms with Crippen molar-refractivity contribution in [3.05, 3.63) is 81.5 Å². The molecule has 0 spiro atoms. The molecular formula is C24H22ClNO4S. The standard InChI is InChI=1S/C24H22ClNO4S/c25-16-2-1-3-17(11-16)30-18-5-7-21-20(12-18)23(29)19-6-4-15(10-22(19)31-21)8-9-24(26,13-27)14-28/h1-7,10-12,27-28H,8-9,13-14,26H2. The fraction of sp³-hybridized carbons (Fsp3) is 0.208. The Kier molecular flexibility index (Phi) is 6.27. The number of aliphatic hydroxyl groups is 2. The number of aryl methyl sites for hydroxylation is 1. The maximum atomic E-state index is 13.1. The summed E-state index contributed by atoms with van der Waals surface area (Å²) in [6, 6.07) is 18.3. The Labute approximate surface area is 188 Å². The summed E-state index contributed by atoms with van der Waals surface area (Å²) in [5, 5.41) is 20.6. The fourth-order valence-corrected chi connectivity index (χ4v) is 4.66. The first-order chi connectivity index (χ1) is 14.9. The molecule has 4 aromatic rings. The van der Waals surface area contributed by atoms with E-state index in [2.05, 4.69) is 0 Å². The smallest absolute Gasteiger partial charge is 0.196 e. The normalized spacial score (nSPS) is 11.9. The molecule has 3 aromatic carbocycles. The van der Waals surface area contributed by atoms with Gasteiger partial charge in [-0.05, 0) is 66.9 Å². The molecule has 1 aromatic heterocycles. The second-order valence-electron chi connectivity index (χ2n) is 7.66. The molecule has 0 aliphatic carbocycles. The van der Waals surface area contributed by atoms with Crippen LogP contribution in [0.3, 0.4) is 0 Å². The van der Waals surface area contributed by atoms with Crippen LogP contribution >= 0.6 is 22.9 Å². The highest BCUT2D eigenvalue weighted by Gasteiger charge is 2.22. The summed E-state index contributed by atoms with van der Waals surface area (Å²) in [7, 11) is 0. The minimum absolute atomic E-state index is 0.0502. The molecule has 0 amide bonds. The molecule has 7 heteroatoms. The minimum atomic E-state index is -1.01. The van der Waals surface area contributed by atoms with E-state index in [1.165, 1.54) is 11.3 Å². The van der Waals surface area contributed by atoms with Crippen LogP contribution in [0, 0.1) is 0 Å². The van der Waals surface area contributed by atoms with Gasteiger partial charge in [-0.2, -0.15) is 0 Å². The van der Waals surface area contributed by atoms with E-state index in [-0.39, 0.29) is 18.6 Å². The van der Waals surface area contributed by atoms with Crippen molar-refractivity contribution in [2.45, 2.75) is 18.4 Å². The second-order valence-corrected chi connectivity index (χ2v) is 9.18. The zero-order chi connectivity index (χ0) is 22.0. The molecule has 5 nitrogen and oxygen atoms in total. The molecule has 31 heavy (non-hydrogen) atoms. The third-order valence-corrected chi connectivity index (χ3v) is 6.65. The lowest BCUT2D eigenvalue weighted by Gasteiger charge is -2.24. The monoisotopic (exact) mass is 455 g/mol. The van der Waals surface area contributed by atoms with Crippen LogP contribution in [0.5, 0.6) is 11.5 Å². The molecule has 0 atom stereocenters. The van der Waals surface area contributed by atoms with Crippen molar-refractivity contribution in [3.63, 3.8) is 0 Å². The quantitative estimate of drug-likeness (QED) is 0.357. The van der Waals surface area contributed by atoms with E-state index >= 15 is 0 Å². The SMILES string of the molecule is NC(CO)(CO)CCc1ccc2c(=O)c3cc(Oc4cccc(Cl)c4)ccc3sc2c1. The lowest BCUT2D eigenvalue weighted by molar-refractivity contribution is 0.115. The molecule has 4 rings (SSSR count). The number of hydrogen-bond acceptors (Lipinski definition) is 6. The van der Waals surface area contributed by atoms with Crippen molar-refractivity contribution in [3.8, 4) is 11.5 Å². The average Bonchev–Trinajstić information content (AvgIpc) is 2.78. The summed E-state index contributed by atoms with van der Waals surface area (Å²) in [6.45, 7) is -0.566. The van der Waals surface area contributed by atoms with Crippen molar-refractivity contribution in [2.75, 3.05) is 13.2 Å². The number of nitrogens with two attached hydrogens (primary N) is 1. The molecule has 0 saturated carbocycles. The van der Waals surface area contributed by atoms with Crippen LogP contribution in [-0.4, -0.2) is 29.0 Å². The third-order valence-electron chi connectivity index (χ3n) is 5.28. The van der Waals surface area contributed by atoms with Crippen molar-refractivity contribution in [2.24, 2.45) is 5.73 Å². The lowest BCUT2D eigenvalue weighted by Crippen LogP contribution is -2.47. The van der Waals surface area contributed by atoms with Gasteiger partial charge in [0, 0.05) is 25.2 Å². The molecule has 0 bridgehead atoms. The summed E-state index contributed by atoms with van der Waals surface area (Å²) < 4.78 is 7.62. The molecule has 160 valence electrons. The Morgan fingerprint density at radius 1 is 0.935 bits per heavy atom. The molecule has 0 radical (unpaired) electrons. The van der Waals surface area contributed by atoms with Gasteiger partial charge in [0.2, 0.25) is 0 Å². The molecule has 0 unspecified atom stereocenters. The van der Waals surface area contributed by atoms with Gasteiger partial charge in [0.25, 0.3) is 0 Å². The number of benzene rings is 3. The van der Waals surface area contributed by atoms with Gasteiger partial charge < -0.3 is 20.7 Å². The maximum Gasteiger partial charge on any atom is 0.196 e. The van der Waals surface area contributed by atoms with Gasteiger partial charge in [0.05, 0.1) is 18.8 Å². The zero-order valence-corrected chi connectivity index (χ0v) is 18.2. The largest absolute Gasteiger partial charge is 0.457 e. The fourth-order valence-electron chi connectivity index (χ4n) is 3.36. The second kappa shape index (κ2) is 8.94. The summed E-state index contributed by atoms with van der Waals surface area (Å²) in [4.78, 5) is 13.1. The van der Waals surface area contributed by atoms with Crippen LogP contribution in [0.2, 0.25) is 5.02 Å². The predicted octanol–water partition coefficient (Wildman–Crippen LogP) is 4.48. The van der Waals surface area contributed by atoms with Crippen molar-refractivity contribution >= 4 is 43.1 Å². The lowest BCUT2D eigenvalue weighted by atomic mass is 9.94. The van der Waals surface area contributed by atoms with E-state index in [4.69, 9.17) is 22.1 Å². The molecule has 1 heterocycles. The topological polar surface area (TPSA) is 92.8 Å². The van der Waals surface area contributed by atoms with Crippen LogP contribution in [-0.2, 0) is 6.42 Å². The van der Waals surface area contributed by atoms with E-state index in [0.717, 1.165) is 15.0 Å². The van der Waals surface area contributed by atoms with Crippen LogP contribution in [0.1, 0.15) is 12.0 Å². The first kappa shape index (κ1) is 21.7. The predicted molar refractivity (Wildman–Crippen MR) is 127 cm³/mol. The van der Waals surface area contributed by atoms with E-state index in [0.29, 0.717) is 40.1 Å². The Bertz CT molecular complexity index is 1300. The third kappa shape index (κ3) is 4.74. The molecule has 0 aliphatic rings. The molecule has 0 fully saturated rings. The Hall–Kier alpha value is -2.48. The van der Waals surface area contributed by atoms with Gasteiger partial charge in [-0.25, -0.2) is 0 Å². The van der Waals surface area contributed by atoms with E-state index in [1.54, 1.807) is 24.3 Å². The highest BCUT2D eigenvalue weighted by atomic mass is 35.5. The van der Waals surface area contributed by atoms with Crippen LogP contribution < -0.4 is 15.9 Å². The number of fused-ring (bicyclic) bond motifs is 2. The number of aliphatic hydroxyl groups excluding tert-OH is 2. The van der Waals surface area contributed by atoms with E-state index in [1.807, 2.05) is 36.4 Å². The van der Waals surface area contributed by atoms with Gasteiger partial charge in [-0.1, -0.05) is 23.7 Å². The van der Waals surface area contributed by atoms with Crippen molar-refractivity contribution in [1.82, 2.24) is 0 Å². The van der Waals surface area contributed by atoms with Crippen LogP contribution in [0.25, 0.3) is 20.2 Å². The Morgan fingerprint density at radius 2 is 1.71 bits per heavy atom. The first-order valence-corrected chi connectivity index (χ1v) is 11.0. The zero-order valence-electron chi connectivity index (χ0n) is 16.7. The summed E-state index contributed by atoms with van der Waals surface area (Å²) in [5.74, 6) is 1.18. The van der Waals surface area contributed by atoms with Gasteiger partial charge in [-0.15, -0.1) is 11.3 Å². The van der Waals surface area contributed by atoms with Gasteiger partial charge in [-0.3, -0.25) is 4.79 Å².